The topological polar surface area (TPSA) is 95.1 Å². The van der Waals surface area contributed by atoms with Crippen molar-refractivity contribution in [3.05, 3.63) is 17.5 Å². The summed E-state index contributed by atoms with van der Waals surface area (Å²) in [6.45, 7) is 2.57. The maximum absolute atomic E-state index is 11.3. The Bertz CT molecular complexity index is 401. The molecule has 0 aromatic carbocycles. The molecule has 0 aliphatic rings. The van der Waals surface area contributed by atoms with Crippen molar-refractivity contribution in [3.8, 4) is 0 Å². The highest BCUT2D eigenvalue weighted by Gasteiger charge is 2.04. The number of aromatic nitrogens is 2. The fourth-order valence-corrected chi connectivity index (χ4v) is 1.62. The number of hydrogen-bond acceptors (Lipinski definition) is 3. The minimum Gasteiger partial charge on any atom is -0.481 e. The summed E-state index contributed by atoms with van der Waals surface area (Å²) in [6.07, 6.45) is 4.23. The van der Waals surface area contributed by atoms with E-state index in [0.29, 0.717) is 13.0 Å². The third kappa shape index (κ3) is 5.47. The van der Waals surface area contributed by atoms with Gasteiger partial charge in [-0.2, -0.15) is 5.10 Å². The summed E-state index contributed by atoms with van der Waals surface area (Å²) in [7, 11) is 0. The van der Waals surface area contributed by atoms with Gasteiger partial charge < -0.3 is 10.4 Å². The molecule has 0 radical (unpaired) electrons. The van der Waals surface area contributed by atoms with Gasteiger partial charge in [-0.1, -0.05) is 0 Å². The molecule has 0 saturated heterocycles. The predicted molar refractivity (Wildman–Crippen MR) is 66.1 cm³/mol. The molecule has 1 aromatic heterocycles. The highest BCUT2D eigenvalue weighted by atomic mass is 16.4. The van der Waals surface area contributed by atoms with Gasteiger partial charge in [0.1, 0.15) is 0 Å². The number of amides is 1. The highest BCUT2D eigenvalue weighted by molar-refractivity contribution is 5.76. The minimum absolute atomic E-state index is 0.0433. The summed E-state index contributed by atoms with van der Waals surface area (Å²) in [5.41, 5.74) is 2.22. The molecule has 0 fully saturated rings. The van der Waals surface area contributed by atoms with Crippen LogP contribution in [0.15, 0.2) is 6.20 Å². The number of H-pyrrole nitrogens is 1. The van der Waals surface area contributed by atoms with Gasteiger partial charge in [-0.15, -0.1) is 0 Å². The second kappa shape index (κ2) is 7.47. The average Bonchev–Trinajstić information content (AvgIpc) is 2.70. The Morgan fingerprint density at radius 2 is 2.17 bits per heavy atom. The predicted octanol–water partition coefficient (Wildman–Crippen LogP) is 1.02. The molecule has 0 aliphatic heterocycles. The highest BCUT2D eigenvalue weighted by Crippen LogP contribution is 2.05. The Labute approximate surface area is 106 Å². The first-order valence-electron chi connectivity index (χ1n) is 6.07. The number of carbonyl (C=O) groups excluding carboxylic acids is 1. The van der Waals surface area contributed by atoms with Crippen LogP contribution in [0.5, 0.6) is 0 Å². The van der Waals surface area contributed by atoms with E-state index in [4.69, 9.17) is 5.11 Å². The lowest BCUT2D eigenvalue weighted by atomic mass is 10.1. The lowest BCUT2D eigenvalue weighted by Gasteiger charge is -2.04. The van der Waals surface area contributed by atoms with Crippen molar-refractivity contribution < 1.29 is 14.7 Å². The first-order chi connectivity index (χ1) is 8.59. The van der Waals surface area contributed by atoms with Crippen LogP contribution in [0.2, 0.25) is 0 Å². The zero-order valence-corrected chi connectivity index (χ0v) is 10.5. The first kappa shape index (κ1) is 14.2. The van der Waals surface area contributed by atoms with Crippen LogP contribution in [0.3, 0.4) is 0 Å². The number of nitrogens with one attached hydrogen (secondary N) is 2. The van der Waals surface area contributed by atoms with Crippen molar-refractivity contribution in [2.75, 3.05) is 6.54 Å². The van der Waals surface area contributed by atoms with E-state index in [0.717, 1.165) is 24.1 Å². The second-order valence-electron chi connectivity index (χ2n) is 4.22. The second-order valence-corrected chi connectivity index (χ2v) is 4.22. The third-order valence-electron chi connectivity index (χ3n) is 2.67. The standard InChI is InChI=1S/C12H19N3O3/c1-9-10(8-14-15-9)4-3-7-13-11(16)5-2-6-12(17)18/h8H,2-7H2,1H3,(H,13,16)(H,14,15)(H,17,18). The van der Waals surface area contributed by atoms with E-state index in [1.165, 1.54) is 0 Å². The molecule has 0 saturated carbocycles. The number of aliphatic carboxylic acids is 1. The zero-order valence-electron chi connectivity index (χ0n) is 10.5. The Hall–Kier alpha value is -1.85. The minimum atomic E-state index is -0.863. The van der Waals surface area contributed by atoms with E-state index in [1.54, 1.807) is 6.20 Å². The van der Waals surface area contributed by atoms with Crippen LogP contribution in [0.4, 0.5) is 0 Å². The first-order valence-corrected chi connectivity index (χ1v) is 6.07. The van der Waals surface area contributed by atoms with Crippen molar-refractivity contribution in [2.24, 2.45) is 0 Å². The molecule has 1 heterocycles. The maximum Gasteiger partial charge on any atom is 0.303 e. The van der Waals surface area contributed by atoms with Crippen molar-refractivity contribution in [3.63, 3.8) is 0 Å². The van der Waals surface area contributed by atoms with Crippen molar-refractivity contribution >= 4 is 11.9 Å². The van der Waals surface area contributed by atoms with Gasteiger partial charge in [-0.25, -0.2) is 0 Å². The molecule has 0 bridgehead atoms. The molecule has 1 aromatic rings. The molecular formula is C12H19N3O3. The molecule has 0 atom stereocenters. The summed E-state index contributed by atoms with van der Waals surface area (Å²) in [5.74, 6) is -0.946. The number of aryl methyl sites for hydroxylation is 2. The van der Waals surface area contributed by atoms with Crippen LogP contribution in [0.1, 0.15) is 36.9 Å². The Morgan fingerprint density at radius 3 is 2.78 bits per heavy atom. The quantitative estimate of drug-likeness (QED) is 0.603. The van der Waals surface area contributed by atoms with E-state index in [2.05, 4.69) is 15.5 Å². The zero-order chi connectivity index (χ0) is 13.4. The summed E-state index contributed by atoms with van der Waals surface area (Å²) >= 11 is 0. The largest absolute Gasteiger partial charge is 0.481 e. The Balaban J connectivity index is 2.05. The molecule has 0 aliphatic carbocycles. The van der Waals surface area contributed by atoms with Gasteiger partial charge in [0, 0.05) is 25.1 Å². The Kier molecular flexibility index (Phi) is 5.90. The number of carboxylic acids is 1. The fraction of sp³-hybridized carbons (Fsp3) is 0.583. The van der Waals surface area contributed by atoms with E-state index >= 15 is 0 Å². The third-order valence-corrected chi connectivity index (χ3v) is 2.67. The number of nitrogens with zero attached hydrogens (tertiary/aromatic N) is 1. The summed E-state index contributed by atoms with van der Waals surface area (Å²) in [6, 6.07) is 0. The molecule has 1 rings (SSSR count). The molecule has 18 heavy (non-hydrogen) atoms. The molecule has 1 amide bonds. The van der Waals surface area contributed by atoms with Crippen LogP contribution in [-0.4, -0.2) is 33.7 Å². The average molecular weight is 253 g/mol. The van der Waals surface area contributed by atoms with Crippen LogP contribution in [0.25, 0.3) is 0 Å². The van der Waals surface area contributed by atoms with Gasteiger partial charge in [0.25, 0.3) is 0 Å². The van der Waals surface area contributed by atoms with E-state index in [1.807, 2.05) is 6.92 Å². The van der Waals surface area contributed by atoms with Gasteiger partial charge in [0.2, 0.25) is 5.91 Å². The number of hydrogen-bond donors (Lipinski definition) is 3. The van der Waals surface area contributed by atoms with Crippen LogP contribution in [-0.2, 0) is 16.0 Å². The van der Waals surface area contributed by atoms with Crippen LogP contribution in [0, 0.1) is 6.92 Å². The molecule has 6 heteroatoms. The SMILES string of the molecule is Cc1[nH]ncc1CCCNC(=O)CCCC(=O)O. The fourth-order valence-electron chi connectivity index (χ4n) is 1.62. The van der Waals surface area contributed by atoms with Crippen molar-refractivity contribution in [2.45, 2.75) is 39.0 Å². The van der Waals surface area contributed by atoms with Crippen molar-refractivity contribution in [1.82, 2.24) is 15.5 Å². The van der Waals surface area contributed by atoms with Crippen molar-refractivity contribution in [1.29, 1.82) is 0 Å². The normalized spacial score (nSPS) is 10.3. The molecular weight excluding hydrogens is 234 g/mol. The van der Waals surface area contributed by atoms with E-state index < -0.39 is 5.97 Å². The number of carboxylic acid groups (broad SMARTS) is 1. The van der Waals surface area contributed by atoms with Gasteiger partial charge in [0.05, 0.1) is 6.20 Å². The van der Waals surface area contributed by atoms with Crippen LogP contribution < -0.4 is 5.32 Å². The number of rotatable bonds is 8. The van der Waals surface area contributed by atoms with E-state index in [-0.39, 0.29) is 18.7 Å². The molecule has 0 spiro atoms. The molecule has 6 nitrogen and oxygen atoms in total. The Morgan fingerprint density at radius 1 is 1.39 bits per heavy atom. The lowest BCUT2D eigenvalue weighted by molar-refractivity contribution is -0.137. The summed E-state index contributed by atoms with van der Waals surface area (Å²) in [4.78, 5) is 21.6. The monoisotopic (exact) mass is 253 g/mol. The van der Waals surface area contributed by atoms with Gasteiger partial charge in [0.15, 0.2) is 0 Å². The maximum atomic E-state index is 11.3. The lowest BCUT2D eigenvalue weighted by Crippen LogP contribution is -2.24. The van der Waals surface area contributed by atoms with Gasteiger partial charge in [-0.3, -0.25) is 14.7 Å². The summed E-state index contributed by atoms with van der Waals surface area (Å²) < 4.78 is 0. The number of carbonyl (C=O) groups is 2. The molecule has 100 valence electrons. The van der Waals surface area contributed by atoms with Gasteiger partial charge >= 0.3 is 5.97 Å². The van der Waals surface area contributed by atoms with Gasteiger partial charge in [-0.05, 0) is 31.7 Å². The summed E-state index contributed by atoms with van der Waals surface area (Å²) in [5, 5.41) is 18.0. The van der Waals surface area contributed by atoms with E-state index in [9.17, 15) is 9.59 Å². The molecule has 3 N–H and O–H groups in total. The van der Waals surface area contributed by atoms with Crippen LogP contribution >= 0.6 is 0 Å². The number of aromatic amines is 1. The molecule has 0 unspecified atom stereocenters. The smallest absolute Gasteiger partial charge is 0.303 e.